The fourth-order valence-corrected chi connectivity index (χ4v) is 4.35. The molecule has 0 fully saturated rings. The topological polar surface area (TPSA) is 64.7 Å². The first-order chi connectivity index (χ1) is 15.3. The first-order valence-corrected chi connectivity index (χ1v) is 10.9. The summed E-state index contributed by atoms with van der Waals surface area (Å²) < 4.78 is 3.58. The molecule has 0 aliphatic carbocycles. The molecular weight excluding hydrogens is 445 g/mol. The zero-order valence-electron chi connectivity index (χ0n) is 18.3. The van der Waals surface area contributed by atoms with E-state index in [9.17, 15) is 4.79 Å². The Bertz CT molecular complexity index is 1290. The minimum absolute atomic E-state index is 0.219. The van der Waals surface area contributed by atoms with E-state index >= 15 is 0 Å². The number of aryl methyl sites for hydroxylation is 2. The summed E-state index contributed by atoms with van der Waals surface area (Å²) in [5.74, 6) is -0.219. The minimum Gasteiger partial charge on any atom is -0.319 e. The Kier molecular flexibility index (Phi) is 6.09. The number of hydrogen-bond acceptors (Lipinski definition) is 3. The standard InChI is InChI=1S/C24H23Cl2N5O/c1-14-22(16(3)31(29-14)18-9-6-5-7-10-18)24(32)27-23-15(2)28-30(17(23)4)13-19-20(25)11-8-12-21(19)26/h5-12H,13H2,1-4H3,(H,27,32). The molecule has 0 aliphatic heterocycles. The fraction of sp³-hybridized carbons (Fsp3) is 0.208. The second-order valence-electron chi connectivity index (χ2n) is 7.65. The predicted molar refractivity (Wildman–Crippen MR) is 128 cm³/mol. The van der Waals surface area contributed by atoms with Crippen LogP contribution in [0.25, 0.3) is 5.69 Å². The molecule has 8 heteroatoms. The molecule has 6 nitrogen and oxygen atoms in total. The number of nitrogens with zero attached hydrogens (tertiary/aromatic N) is 4. The van der Waals surface area contributed by atoms with E-state index in [0.29, 0.717) is 39.2 Å². The number of anilines is 1. The molecule has 0 unspecified atom stereocenters. The van der Waals surface area contributed by atoms with Gasteiger partial charge in [-0.15, -0.1) is 0 Å². The van der Waals surface area contributed by atoms with Crippen molar-refractivity contribution in [3.63, 3.8) is 0 Å². The largest absolute Gasteiger partial charge is 0.319 e. The van der Waals surface area contributed by atoms with Crippen LogP contribution in [0.1, 0.15) is 38.7 Å². The normalized spacial score (nSPS) is 11.1. The van der Waals surface area contributed by atoms with Crippen LogP contribution in [-0.2, 0) is 6.54 Å². The molecule has 0 saturated heterocycles. The molecule has 4 aromatic rings. The number of rotatable bonds is 5. The second kappa shape index (κ2) is 8.81. The average molecular weight is 468 g/mol. The highest BCUT2D eigenvalue weighted by molar-refractivity contribution is 6.36. The SMILES string of the molecule is Cc1nn(Cc2c(Cl)cccc2Cl)c(C)c1NC(=O)c1c(C)nn(-c2ccccc2)c1C. The number of nitrogens with one attached hydrogen (secondary N) is 1. The van der Waals surface area contributed by atoms with Crippen molar-refractivity contribution in [2.24, 2.45) is 0 Å². The monoisotopic (exact) mass is 467 g/mol. The van der Waals surface area contributed by atoms with Crippen molar-refractivity contribution in [3.05, 3.63) is 92.5 Å². The van der Waals surface area contributed by atoms with Crippen LogP contribution in [0, 0.1) is 27.7 Å². The quantitative estimate of drug-likeness (QED) is 0.396. The van der Waals surface area contributed by atoms with Gasteiger partial charge in [0.2, 0.25) is 0 Å². The predicted octanol–water partition coefficient (Wildman–Crippen LogP) is 5.91. The van der Waals surface area contributed by atoms with Gasteiger partial charge in [0.15, 0.2) is 0 Å². The summed E-state index contributed by atoms with van der Waals surface area (Å²) in [7, 11) is 0. The zero-order chi connectivity index (χ0) is 23.0. The van der Waals surface area contributed by atoms with E-state index in [0.717, 1.165) is 22.6 Å². The second-order valence-corrected chi connectivity index (χ2v) is 8.47. The average Bonchev–Trinajstić information content (AvgIpc) is 3.21. The summed E-state index contributed by atoms with van der Waals surface area (Å²) in [6.45, 7) is 7.91. The van der Waals surface area contributed by atoms with Crippen LogP contribution in [0.5, 0.6) is 0 Å². The maximum Gasteiger partial charge on any atom is 0.259 e. The highest BCUT2D eigenvalue weighted by atomic mass is 35.5. The number of para-hydroxylation sites is 1. The molecule has 164 valence electrons. The van der Waals surface area contributed by atoms with E-state index in [4.69, 9.17) is 23.2 Å². The summed E-state index contributed by atoms with van der Waals surface area (Å²) in [5, 5.41) is 13.4. The molecule has 2 aromatic carbocycles. The zero-order valence-corrected chi connectivity index (χ0v) is 19.8. The maximum atomic E-state index is 13.2. The Morgan fingerprint density at radius 3 is 2.19 bits per heavy atom. The molecule has 2 heterocycles. The van der Waals surface area contributed by atoms with Crippen LogP contribution in [0.3, 0.4) is 0 Å². The van der Waals surface area contributed by atoms with Gasteiger partial charge in [0, 0.05) is 15.6 Å². The van der Waals surface area contributed by atoms with Gasteiger partial charge in [-0.3, -0.25) is 9.48 Å². The first-order valence-electron chi connectivity index (χ1n) is 10.2. The fourth-order valence-electron chi connectivity index (χ4n) is 3.83. The van der Waals surface area contributed by atoms with Crippen LogP contribution < -0.4 is 5.32 Å². The van der Waals surface area contributed by atoms with Crippen LogP contribution >= 0.6 is 23.2 Å². The van der Waals surface area contributed by atoms with Crippen molar-refractivity contribution in [1.82, 2.24) is 19.6 Å². The summed E-state index contributed by atoms with van der Waals surface area (Å²) >= 11 is 12.7. The van der Waals surface area contributed by atoms with Gasteiger partial charge in [-0.1, -0.05) is 47.5 Å². The maximum absolute atomic E-state index is 13.2. The van der Waals surface area contributed by atoms with Crippen molar-refractivity contribution >= 4 is 34.8 Å². The lowest BCUT2D eigenvalue weighted by atomic mass is 10.1. The Balaban J connectivity index is 1.63. The summed E-state index contributed by atoms with van der Waals surface area (Å²) in [6.07, 6.45) is 0. The van der Waals surface area contributed by atoms with E-state index in [1.165, 1.54) is 0 Å². The van der Waals surface area contributed by atoms with E-state index in [1.54, 1.807) is 27.6 Å². The lowest BCUT2D eigenvalue weighted by Gasteiger charge is -2.10. The van der Waals surface area contributed by atoms with E-state index in [2.05, 4.69) is 15.5 Å². The minimum atomic E-state index is -0.219. The number of carbonyl (C=O) groups is 1. The molecule has 1 amide bonds. The third-order valence-electron chi connectivity index (χ3n) is 5.51. The lowest BCUT2D eigenvalue weighted by Crippen LogP contribution is -2.15. The van der Waals surface area contributed by atoms with Crippen LogP contribution in [0.4, 0.5) is 5.69 Å². The lowest BCUT2D eigenvalue weighted by molar-refractivity contribution is 0.102. The highest BCUT2D eigenvalue weighted by Gasteiger charge is 2.22. The third kappa shape index (κ3) is 4.04. The molecule has 1 N–H and O–H groups in total. The van der Waals surface area contributed by atoms with Crippen LogP contribution in [0.15, 0.2) is 48.5 Å². The van der Waals surface area contributed by atoms with Gasteiger partial charge in [-0.2, -0.15) is 10.2 Å². The van der Waals surface area contributed by atoms with E-state index in [-0.39, 0.29) is 5.91 Å². The summed E-state index contributed by atoms with van der Waals surface area (Å²) in [6, 6.07) is 15.2. The van der Waals surface area contributed by atoms with Crippen molar-refractivity contribution in [2.45, 2.75) is 34.2 Å². The molecule has 32 heavy (non-hydrogen) atoms. The van der Waals surface area contributed by atoms with Gasteiger partial charge < -0.3 is 5.32 Å². The number of hydrogen-bond donors (Lipinski definition) is 1. The van der Waals surface area contributed by atoms with Crippen LogP contribution in [-0.4, -0.2) is 25.5 Å². The van der Waals surface area contributed by atoms with Gasteiger partial charge in [-0.05, 0) is 52.0 Å². The van der Waals surface area contributed by atoms with Crippen molar-refractivity contribution in [3.8, 4) is 5.69 Å². The molecular formula is C24H23Cl2N5O. The van der Waals surface area contributed by atoms with E-state index < -0.39 is 0 Å². The smallest absolute Gasteiger partial charge is 0.259 e. The molecule has 0 saturated carbocycles. The number of amides is 1. The van der Waals surface area contributed by atoms with Gasteiger partial charge in [0.25, 0.3) is 5.91 Å². The van der Waals surface area contributed by atoms with Crippen LogP contribution in [0.2, 0.25) is 10.0 Å². The number of halogens is 2. The van der Waals surface area contributed by atoms with Crippen molar-refractivity contribution in [1.29, 1.82) is 0 Å². The molecule has 0 bridgehead atoms. The third-order valence-corrected chi connectivity index (χ3v) is 6.22. The van der Waals surface area contributed by atoms with Gasteiger partial charge in [0.1, 0.15) is 0 Å². The number of aromatic nitrogens is 4. The Morgan fingerprint density at radius 2 is 1.53 bits per heavy atom. The number of carbonyl (C=O) groups excluding carboxylic acids is 1. The molecule has 0 aliphatic rings. The van der Waals surface area contributed by atoms with Gasteiger partial charge in [-0.25, -0.2) is 4.68 Å². The molecule has 2 aromatic heterocycles. The Morgan fingerprint density at radius 1 is 0.875 bits per heavy atom. The van der Waals surface area contributed by atoms with E-state index in [1.807, 2.05) is 58.0 Å². The van der Waals surface area contributed by atoms with Gasteiger partial charge >= 0.3 is 0 Å². The molecule has 0 spiro atoms. The Hall–Kier alpha value is -3.09. The van der Waals surface area contributed by atoms with Crippen molar-refractivity contribution < 1.29 is 4.79 Å². The summed E-state index contributed by atoms with van der Waals surface area (Å²) in [5.41, 5.74) is 5.88. The van der Waals surface area contributed by atoms with Gasteiger partial charge in [0.05, 0.1) is 46.3 Å². The Labute approximate surface area is 196 Å². The summed E-state index contributed by atoms with van der Waals surface area (Å²) in [4.78, 5) is 13.2. The first kappa shape index (κ1) is 22.1. The molecule has 0 atom stereocenters. The highest BCUT2D eigenvalue weighted by Crippen LogP contribution is 2.28. The van der Waals surface area contributed by atoms with Crippen molar-refractivity contribution in [2.75, 3.05) is 5.32 Å². The molecule has 4 rings (SSSR count). The molecule has 0 radical (unpaired) electrons. The number of benzene rings is 2.